The van der Waals surface area contributed by atoms with Crippen LogP contribution >= 0.6 is 0 Å². The van der Waals surface area contributed by atoms with Gasteiger partial charge in [0.1, 0.15) is 5.75 Å². The summed E-state index contributed by atoms with van der Waals surface area (Å²) in [5, 5.41) is 2.55. The number of carbonyl (C=O) groups is 1. The standard InChI is InChI=1S/C20H28F3NO4/c1-12(2)9-26-16-7-6-14(8-15(16)20(21,22)23)24-18(25)19(5)10-27-17(13(3)4)28-11-19/h6-8,12-13,17H,9-11H2,1-5H3,(H,24,25). The minimum absolute atomic E-state index is 0.0430. The van der Waals surface area contributed by atoms with Gasteiger partial charge in [0.25, 0.3) is 0 Å². The van der Waals surface area contributed by atoms with Gasteiger partial charge < -0.3 is 19.5 Å². The van der Waals surface area contributed by atoms with E-state index >= 15 is 0 Å². The monoisotopic (exact) mass is 403 g/mol. The third kappa shape index (κ3) is 5.61. The zero-order valence-corrected chi connectivity index (χ0v) is 16.9. The lowest BCUT2D eigenvalue weighted by Crippen LogP contribution is -2.48. The van der Waals surface area contributed by atoms with Crippen LogP contribution in [0.5, 0.6) is 5.75 Å². The summed E-state index contributed by atoms with van der Waals surface area (Å²) in [5.41, 5.74) is -1.87. The Hall–Kier alpha value is -1.80. The molecule has 0 atom stereocenters. The quantitative estimate of drug-likeness (QED) is 0.747. The molecule has 0 aromatic heterocycles. The maximum absolute atomic E-state index is 13.4. The summed E-state index contributed by atoms with van der Waals surface area (Å²) in [5.74, 6) is -0.491. The highest BCUT2D eigenvalue weighted by Crippen LogP contribution is 2.38. The minimum atomic E-state index is -4.60. The van der Waals surface area contributed by atoms with Crippen LogP contribution in [0.3, 0.4) is 0 Å². The molecule has 0 aliphatic carbocycles. The van der Waals surface area contributed by atoms with Crippen molar-refractivity contribution in [1.29, 1.82) is 0 Å². The third-order valence-electron chi connectivity index (χ3n) is 4.34. The molecule has 1 aliphatic rings. The Morgan fingerprint density at radius 1 is 1.25 bits per heavy atom. The van der Waals surface area contributed by atoms with Crippen molar-refractivity contribution in [2.45, 2.75) is 47.1 Å². The molecule has 0 bridgehead atoms. The lowest BCUT2D eigenvalue weighted by molar-refractivity contribution is -0.237. The van der Waals surface area contributed by atoms with Gasteiger partial charge in [0.15, 0.2) is 6.29 Å². The Bertz CT molecular complexity index is 681. The number of halogens is 3. The zero-order valence-electron chi connectivity index (χ0n) is 16.9. The Balaban J connectivity index is 2.14. The number of hydrogen-bond acceptors (Lipinski definition) is 4. The Labute approximate surface area is 163 Å². The molecular weight excluding hydrogens is 375 g/mol. The van der Waals surface area contributed by atoms with Crippen LogP contribution < -0.4 is 10.1 Å². The minimum Gasteiger partial charge on any atom is -0.493 e. The van der Waals surface area contributed by atoms with Crippen LogP contribution in [0, 0.1) is 17.3 Å². The van der Waals surface area contributed by atoms with Crippen molar-refractivity contribution in [3.63, 3.8) is 0 Å². The van der Waals surface area contributed by atoms with E-state index in [-0.39, 0.29) is 43.1 Å². The Kier molecular flexibility index (Phi) is 6.98. The fourth-order valence-corrected chi connectivity index (χ4v) is 2.63. The van der Waals surface area contributed by atoms with Gasteiger partial charge in [0, 0.05) is 11.6 Å². The highest BCUT2D eigenvalue weighted by molar-refractivity contribution is 5.95. The van der Waals surface area contributed by atoms with Crippen LogP contribution in [0.2, 0.25) is 0 Å². The van der Waals surface area contributed by atoms with Crippen molar-refractivity contribution in [3.8, 4) is 5.75 Å². The van der Waals surface area contributed by atoms with E-state index in [0.29, 0.717) is 0 Å². The van der Waals surface area contributed by atoms with Crippen LogP contribution in [0.1, 0.15) is 40.2 Å². The molecule has 8 heteroatoms. The fraction of sp³-hybridized carbons (Fsp3) is 0.650. The average Bonchev–Trinajstić information content (AvgIpc) is 2.60. The topological polar surface area (TPSA) is 56.8 Å². The second-order valence-electron chi connectivity index (χ2n) is 8.16. The summed E-state index contributed by atoms with van der Waals surface area (Å²) in [7, 11) is 0. The predicted octanol–water partition coefficient (Wildman–Crippen LogP) is 4.71. The molecule has 28 heavy (non-hydrogen) atoms. The molecule has 2 rings (SSSR count). The van der Waals surface area contributed by atoms with Gasteiger partial charge in [-0.25, -0.2) is 0 Å². The van der Waals surface area contributed by atoms with E-state index < -0.39 is 29.4 Å². The molecule has 0 unspecified atom stereocenters. The number of anilines is 1. The Morgan fingerprint density at radius 3 is 2.36 bits per heavy atom. The van der Waals surface area contributed by atoms with E-state index in [2.05, 4.69) is 5.32 Å². The summed E-state index contributed by atoms with van der Waals surface area (Å²) in [6.07, 6.45) is -4.99. The first kappa shape index (κ1) is 22.5. The first-order chi connectivity index (χ1) is 12.9. The van der Waals surface area contributed by atoms with Gasteiger partial charge in [0.2, 0.25) is 5.91 Å². The Morgan fingerprint density at radius 2 is 1.86 bits per heavy atom. The molecule has 1 heterocycles. The van der Waals surface area contributed by atoms with Gasteiger partial charge in [-0.1, -0.05) is 27.7 Å². The van der Waals surface area contributed by atoms with E-state index in [4.69, 9.17) is 14.2 Å². The van der Waals surface area contributed by atoms with Crippen LogP contribution in [-0.2, 0) is 20.4 Å². The maximum atomic E-state index is 13.4. The van der Waals surface area contributed by atoms with Crippen LogP contribution in [0.15, 0.2) is 18.2 Å². The number of alkyl halides is 3. The summed E-state index contributed by atoms with van der Waals surface area (Å²) < 4.78 is 56.7. The van der Waals surface area contributed by atoms with E-state index in [1.165, 1.54) is 12.1 Å². The highest BCUT2D eigenvalue weighted by Gasteiger charge is 2.41. The lowest BCUT2D eigenvalue weighted by atomic mass is 9.90. The number of carbonyl (C=O) groups excluding carboxylic acids is 1. The van der Waals surface area contributed by atoms with Gasteiger partial charge in [-0.2, -0.15) is 13.2 Å². The summed E-state index contributed by atoms with van der Waals surface area (Å²) in [4.78, 5) is 12.6. The first-order valence-electron chi connectivity index (χ1n) is 9.31. The number of amides is 1. The van der Waals surface area contributed by atoms with E-state index in [1.54, 1.807) is 6.92 Å². The molecule has 1 amide bonds. The normalized spacial score (nSPS) is 23.1. The number of rotatable bonds is 6. The van der Waals surface area contributed by atoms with Crippen molar-refractivity contribution in [1.82, 2.24) is 0 Å². The molecule has 0 radical (unpaired) electrons. The SMILES string of the molecule is CC(C)COc1ccc(NC(=O)C2(C)COC(C(C)C)OC2)cc1C(F)(F)F. The smallest absolute Gasteiger partial charge is 0.420 e. The van der Waals surface area contributed by atoms with Crippen molar-refractivity contribution in [2.75, 3.05) is 25.1 Å². The van der Waals surface area contributed by atoms with Gasteiger partial charge in [-0.3, -0.25) is 4.79 Å². The second-order valence-corrected chi connectivity index (χ2v) is 8.16. The van der Waals surface area contributed by atoms with Crippen molar-refractivity contribution in [2.24, 2.45) is 17.3 Å². The molecule has 1 saturated heterocycles. The highest BCUT2D eigenvalue weighted by atomic mass is 19.4. The van der Waals surface area contributed by atoms with Gasteiger partial charge in [-0.15, -0.1) is 0 Å². The van der Waals surface area contributed by atoms with Crippen LogP contribution in [0.4, 0.5) is 18.9 Å². The largest absolute Gasteiger partial charge is 0.493 e. The van der Waals surface area contributed by atoms with Crippen molar-refractivity contribution < 1.29 is 32.2 Å². The molecular formula is C20H28F3NO4. The lowest BCUT2D eigenvalue weighted by Gasteiger charge is -2.37. The molecule has 1 aromatic carbocycles. The van der Waals surface area contributed by atoms with E-state index in [9.17, 15) is 18.0 Å². The molecule has 5 nitrogen and oxygen atoms in total. The molecule has 1 fully saturated rings. The molecule has 0 saturated carbocycles. The molecule has 1 aliphatic heterocycles. The number of hydrogen-bond donors (Lipinski definition) is 1. The van der Waals surface area contributed by atoms with Crippen LogP contribution in [0.25, 0.3) is 0 Å². The maximum Gasteiger partial charge on any atom is 0.420 e. The summed E-state index contributed by atoms with van der Waals surface area (Å²) in [6.45, 7) is 9.65. The summed E-state index contributed by atoms with van der Waals surface area (Å²) >= 11 is 0. The molecule has 0 spiro atoms. The average molecular weight is 403 g/mol. The fourth-order valence-electron chi connectivity index (χ4n) is 2.63. The van der Waals surface area contributed by atoms with E-state index in [1.807, 2.05) is 27.7 Å². The first-order valence-corrected chi connectivity index (χ1v) is 9.31. The molecule has 1 N–H and O–H groups in total. The van der Waals surface area contributed by atoms with Gasteiger partial charge >= 0.3 is 6.18 Å². The molecule has 1 aromatic rings. The van der Waals surface area contributed by atoms with Crippen molar-refractivity contribution >= 4 is 11.6 Å². The molecule has 158 valence electrons. The summed E-state index contributed by atoms with van der Waals surface area (Å²) in [6, 6.07) is 3.51. The zero-order chi connectivity index (χ0) is 21.1. The van der Waals surface area contributed by atoms with Gasteiger partial charge in [-0.05, 0) is 31.0 Å². The third-order valence-corrected chi connectivity index (χ3v) is 4.34. The number of ether oxygens (including phenoxy) is 3. The van der Waals surface area contributed by atoms with Crippen LogP contribution in [-0.4, -0.2) is 32.0 Å². The predicted molar refractivity (Wildman–Crippen MR) is 99.0 cm³/mol. The number of benzene rings is 1. The van der Waals surface area contributed by atoms with E-state index in [0.717, 1.165) is 6.07 Å². The second kappa shape index (κ2) is 8.69. The van der Waals surface area contributed by atoms with Gasteiger partial charge in [0.05, 0.1) is 30.8 Å². The van der Waals surface area contributed by atoms with Crippen molar-refractivity contribution in [3.05, 3.63) is 23.8 Å². The number of nitrogens with one attached hydrogen (secondary N) is 1.